The molecule has 1 aliphatic heterocycles. The minimum atomic E-state index is -0.824. The van der Waals surface area contributed by atoms with Crippen molar-refractivity contribution in [2.75, 3.05) is 18.6 Å². The minimum Gasteiger partial charge on any atom is -0.492 e. The van der Waals surface area contributed by atoms with Crippen LogP contribution in [0.2, 0.25) is 0 Å². The third-order valence-electron chi connectivity index (χ3n) is 5.36. The predicted molar refractivity (Wildman–Crippen MR) is 151 cm³/mol. The first-order valence-electron chi connectivity index (χ1n) is 11.2. The molecule has 37 heavy (non-hydrogen) atoms. The molecule has 0 spiro atoms. The SMILES string of the molecule is CCOc1cc(/C=C2\C(=O)NC(=O)N(c3ccc(OCc4ccc(Br)cc4)cc3)C2=O)cc(I)c1OC. The fraction of sp³-hybridized carbons (Fsp3) is 0.148. The van der Waals surface area contributed by atoms with Crippen molar-refractivity contribution < 1.29 is 28.6 Å². The molecule has 1 saturated heterocycles. The quantitative estimate of drug-likeness (QED) is 0.187. The number of urea groups is 1. The van der Waals surface area contributed by atoms with Gasteiger partial charge >= 0.3 is 6.03 Å². The van der Waals surface area contributed by atoms with Gasteiger partial charge in [-0.15, -0.1) is 0 Å². The summed E-state index contributed by atoms with van der Waals surface area (Å²) in [6.45, 7) is 2.62. The van der Waals surface area contributed by atoms with E-state index in [1.54, 1.807) is 36.4 Å². The van der Waals surface area contributed by atoms with E-state index in [4.69, 9.17) is 14.2 Å². The van der Waals surface area contributed by atoms with Gasteiger partial charge in [0.1, 0.15) is 17.9 Å². The molecule has 1 heterocycles. The van der Waals surface area contributed by atoms with Crippen LogP contribution in [0.4, 0.5) is 10.5 Å². The van der Waals surface area contributed by atoms with E-state index >= 15 is 0 Å². The number of nitrogens with zero attached hydrogens (tertiary/aromatic N) is 1. The number of benzene rings is 3. The van der Waals surface area contributed by atoms with Gasteiger partial charge in [0, 0.05) is 4.47 Å². The number of nitrogens with one attached hydrogen (secondary N) is 1. The van der Waals surface area contributed by atoms with Crippen molar-refractivity contribution >= 4 is 68.1 Å². The van der Waals surface area contributed by atoms with Crippen LogP contribution in [0.25, 0.3) is 6.08 Å². The predicted octanol–water partition coefficient (Wildman–Crippen LogP) is 5.71. The number of hydrogen-bond donors (Lipinski definition) is 1. The van der Waals surface area contributed by atoms with E-state index in [-0.39, 0.29) is 5.57 Å². The fourth-order valence-electron chi connectivity index (χ4n) is 3.63. The Balaban J connectivity index is 1.56. The summed E-state index contributed by atoms with van der Waals surface area (Å²) in [5, 5.41) is 2.24. The molecule has 4 amide bonds. The largest absolute Gasteiger partial charge is 0.492 e. The van der Waals surface area contributed by atoms with Gasteiger partial charge in [0.05, 0.1) is 23.0 Å². The van der Waals surface area contributed by atoms with E-state index in [2.05, 4.69) is 43.8 Å². The van der Waals surface area contributed by atoms with Crippen molar-refractivity contribution in [2.24, 2.45) is 0 Å². The van der Waals surface area contributed by atoms with Crippen LogP contribution in [-0.2, 0) is 16.2 Å². The number of ether oxygens (including phenoxy) is 3. The Morgan fingerprint density at radius 2 is 1.70 bits per heavy atom. The summed E-state index contributed by atoms with van der Waals surface area (Å²) in [5.74, 6) is 0.104. The van der Waals surface area contributed by atoms with E-state index in [9.17, 15) is 14.4 Å². The molecule has 1 fully saturated rings. The Morgan fingerprint density at radius 3 is 2.35 bits per heavy atom. The second-order valence-corrected chi connectivity index (χ2v) is 9.91. The average molecular weight is 677 g/mol. The first-order valence-corrected chi connectivity index (χ1v) is 13.1. The number of carbonyl (C=O) groups excluding carboxylic acids is 3. The summed E-state index contributed by atoms with van der Waals surface area (Å²) in [6, 6.07) is 16.9. The van der Waals surface area contributed by atoms with Crippen molar-refractivity contribution in [3.8, 4) is 17.2 Å². The normalized spacial score (nSPS) is 14.5. The molecule has 0 bridgehead atoms. The van der Waals surface area contributed by atoms with Gasteiger partial charge in [0.25, 0.3) is 11.8 Å². The maximum absolute atomic E-state index is 13.3. The van der Waals surface area contributed by atoms with Gasteiger partial charge in [-0.3, -0.25) is 14.9 Å². The highest BCUT2D eigenvalue weighted by Gasteiger charge is 2.37. The average Bonchev–Trinajstić information content (AvgIpc) is 2.87. The second kappa shape index (κ2) is 11.8. The molecule has 4 rings (SSSR count). The highest BCUT2D eigenvalue weighted by atomic mass is 127. The molecule has 0 atom stereocenters. The number of rotatable bonds is 8. The lowest BCUT2D eigenvalue weighted by Crippen LogP contribution is -2.54. The zero-order valence-electron chi connectivity index (χ0n) is 19.9. The first-order chi connectivity index (χ1) is 17.8. The molecule has 0 aromatic heterocycles. The highest BCUT2D eigenvalue weighted by molar-refractivity contribution is 14.1. The van der Waals surface area contributed by atoms with E-state index in [1.807, 2.05) is 31.2 Å². The zero-order valence-corrected chi connectivity index (χ0v) is 23.7. The monoisotopic (exact) mass is 676 g/mol. The molecule has 0 saturated carbocycles. The van der Waals surface area contributed by atoms with Crippen LogP contribution in [0, 0.1) is 3.57 Å². The molecule has 3 aromatic rings. The van der Waals surface area contributed by atoms with Crippen LogP contribution in [0.1, 0.15) is 18.1 Å². The Bertz CT molecular complexity index is 1370. The van der Waals surface area contributed by atoms with Crippen LogP contribution in [-0.4, -0.2) is 31.6 Å². The third kappa shape index (κ3) is 6.13. The van der Waals surface area contributed by atoms with Crippen LogP contribution >= 0.6 is 38.5 Å². The lowest BCUT2D eigenvalue weighted by atomic mass is 10.1. The van der Waals surface area contributed by atoms with Crippen LogP contribution in [0.15, 0.2) is 70.7 Å². The maximum Gasteiger partial charge on any atom is 0.335 e. The smallest absolute Gasteiger partial charge is 0.335 e. The molecule has 0 aliphatic carbocycles. The number of methoxy groups -OCH3 is 1. The van der Waals surface area contributed by atoms with Gasteiger partial charge in [0.15, 0.2) is 11.5 Å². The number of carbonyl (C=O) groups is 3. The lowest BCUT2D eigenvalue weighted by Gasteiger charge is -2.26. The van der Waals surface area contributed by atoms with Crippen LogP contribution in [0.3, 0.4) is 0 Å². The topological polar surface area (TPSA) is 94.2 Å². The molecule has 1 aliphatic rings. The van der Waals surface area contributed by atoms with Crippen LogP contribution in [0.5, 0.6) is 17.2 Å². The second-order valence-electron chi connectivity index (χ2n) is 7.83. The standard InChI is InChI=1S/C27H22BrIN2O6/c1-3-36-23-14-17(13-22(29)24(23)35-2)12-21-25(32)30-27(34)31(26(21)33)19-8-10-20(11-9-19)37-15-16-4-6-18(28)7-5-16/h4-14H,3,15H2,1-2H3,(H,30,32,34)/b21-12+. The number of amides is 4. The van der Waals surface area contributed by atoms with Gasteiger partial charge in [0.2, 0.25) is 0 Å². The molecular weight excluding hydrogens is 655 g/mol. The molecule has 8 nitrogen and oxygen atoms in total. The Labute approximate surface area is 235 Å². The van der Waals surface area contributed by atoms with Crippen molar-refractivity contribution in [2.45, 2.75) is 13.5 Å². The number of halogens is 2. The Kier molecular flexibility index (Phi) is 8.49. The first kappa shape index (κ1) is 26.7. The molecule has 0 unspecified atom stereocenters. The third-order valence-corrected chi connectivity index (χ3v) is 6.69. The highest BCUT2D eigenvalue weighted by Crippen LogP contribution is 2.35. The number of hydrogen-bond acceptors (Lipinski definition) is 6. The van der Waals surface area contributed by atoms with E-state index < -0.39 is 17.8 Å². The van der Waals surface area contributed by atoms with Crippen molar-refractivity contribution in [1.82, 2.24) is 5.32 Å². The summed E-state index contributed by atoms with van der Waals surface area (Å²) < 4.78 is 18.6. The summed E-state index contributed by atoms with van der Waals surface area (Å²) in [7, 11) is 1.54. The van der Waals surface area contributed by atoms with Crippen molar-refractivity contribution in [1.29, 1.82) is 0 Å². The van der Waals surface area contributed by atoms with Crippen molar-refractivity contribution in [3.63, 3.8) is 0 Å². The van der Waals surface area contributed by atoms with E-state index in [0.29, 0.717) is 41.7 Å². The Morgan fingerprint density at radius 1 is 1.00 bits per heavy atom. The van der Waals surface area contributed by atoms with Gasteiger partial charge in [-0.25, -0.2) is 9.69 Å². The molecule has 190 valence electrons. The number of barbiturate groups is 1. The zero-order chi connectivity index (χ0) is 26.5. The fourth-order valence-corrected chi connectivity index (χ4v) is 4.74. The molecule has 0 radical (unpaired) electrons. The molecular formula is C27H22BrIN2O6. The van der Waals surface area contributed by atoms with Gasteiger partial charge in [-0.1, -0.05) is 28.1 Å². The summed E-state index contributed by atoms with van der Waals surface area (Å²) >= 11 is 5.49. The number of anilines is 1. The van der Waals surface area contributed by atoms with E-state index in [0.717, 1.165) is 18.5 Å². The number of imide groups is 2. The Hall–Kier alpha value is -3.38. The summed E-state index contributed by atoms with van der Waals surface area (Å²) in [5.41, 5.74) is 1.67. The summed E-state index contributed by atoms with van der Waals surface area (Å²) in [6.07, 6.45) is 1.43. The lowest BCUT2D eigenvalue weighted by molar-refractivity contribution is -0.122. The van der Waals surface area contributed by atoms with E-state index in [1.165, 1.54) is 13.2 Å². The summed E-state index contributed by atoms with van der Waals surface area (Å²) in [4.78, 5) is 39.4. The van der Waals surface area contributed by atoms with Crippen molar-refractivity contribution in [3.05, 3.63) is 85.4 Å². The van der Waals surface area contributed by atoms with Crippen LogP contribution < -0.4 is 24.4 Å². The molecule has 3 aromatic carbocycles. The molecule has 1 N–H and O–H groups in total. The maximum atomic E-state index is 13.3. The van der Waals surface area contributed by atoms with Gasteiger partial charge in [-0.05, 0) is 95.2 Å². The van der Waals surface area contributed by atoms with Gasteiger partial charge < -0.3 is 14.2 Å². The minimum absolute atomic E-state index is 0.182. The van der Waals surface area contributed by atoms with Gasteiger partial charge in [-0.2, -0.15) is 0 Å². The molecule has 10 heteroatoms.